The van der Waals surface area contributed by atoms with Crippen molar-refractivity contribution in [2.75, 3.05) is 5.73 Å². The highest BCUT2D eigenvalue weighted by Crippen LogP contribution is 2.35. The van der Waals surface area contributed by atoms with Crippen LogP contribution in [-0.4, -0.2) is 9.78 Å². The van der Waals surface area contributed by atoms with Gasteiger partial charge in [0.25, 0.3) is 0 Å². The standard InChI is InChI=1S/C13H15Cl2N3/c1-13(2,3)11-10(15)12(16)18(17-11)9-7-5-4-6-8(9)14/h4-7H,16H2,1-3H3. The largest absolute Gasteiger partial charge is 0.382 e. The van der Waals surface area contributed by atoms with Gasteiger partial charge in [-0.05, 0) is 12.1 Å². The molecule has 0 saturated carbocycles. The van der Waals surface area contributed by atoms with E-state index in [1.807, 2.05) is 39.0 Å². The molecule has 1 aromatic carbocycles. The summed E-state index contributed by atoms with van der Waals surface area (Å²) >= 11 is 12.4. The van der Waals surface area contributed by atoms with Gasteiger partial charge in [-0.3, -0.25) is 0 Å². The van der Waals surface area contributed by atoms with Crippen LogP contribution in [0, 0.1) is 0 Å². The number of aromatic nitrogens is 2. The van der Waals surface area contributed by atoms with Gasteiger partial charge in [-0.1, -0.05) is 56.1 Å². The van der Waals surface area contributed by atoms with Crippen LogP contribution in [0.25, 0.3) is 5.69 Å². The predicted molar refractivity (Wildman–Crippen MR) is 76.7 cm³/mol. The molecule has 96 valence electrons. The molecule has 2 N–H and O–H groups in total. The van der Waals surface area contributed by atoms with E-state index >= 15 is 0 Å². The summed E-state index contributed by atoms with van der Waals surface area (Å²) in [6.07, 6.45) is 0. The second kappa shape index (κ2) is 4.48. The fourth-order valence-electron chi connectivity index (χ4n) is 1.70. The van der Waals surface area contributed by atoms with E-state index in [4.69, 9.17) is 28.9 Å². The number of benzene rings is 1. The predicted octanol–water partition coefficient (Wildman–Crippen LogP) is 4.06. The zero-order chi connectivity index (χ0) is 13.5. The molecule has 18 heavy (non-hydrogen) atoms. The number of rotatable bonds is 1. The third-order valence-electron chi connectivity index (χ3n) is 2.65. The molecule has 2 rings (SSSR count). The minimum absolute atomic E-state index is 0.169. The van der Waals surface area contributed by atoms with Gasteiger partial charge in [0, 0.05) is 5.41 Å². The van der Waals surface area contributed by atoms with E-state index in [1.54, 1.807) is 10.7 Å². The Labute approximate surface area is 117 Å². The summed E-state index contributed by atoms with van der Waals surface area (Å²) in [7, 11) is 0. The highest BCUT2D eigenvalue weighted by atomic mass is 35.5. The number of hydrogen-bond acceptors (Lipinski definition) is 2. The third-order valence-corrected chi connectivity index (χ3v) is 3.34. The lowest BCUT2D eigenvalue weighted by molar-refractivity contribution is 0.560. The molecular formula is C13H15Cl2N3. The fourth-order valence-corrected chi connectivity index (χ4v) is 2.32. The monoisotopic (exact) mass is 283 g/mol. The van der Waals surface area contributed by atoms with Crippen LogP contribution in [-0.2, 0) is 5.41 Å². The Kier molecular flexibility index (Phi) is 3.30. The average Bonchev–Trinajstić information content (AvgIpc) is 2.57. The van der Waals surface area contributed by atoms with E-state index in [9.17, 15) is 0 Å². The topological polar surface area (TPSA) is 43.8 Å². The van der Waals surface area contributed by atoms with Crippen molar-refractivity contribution < 1.29 is 0 Å². The SMILES string of the molecule is CC(C)(C)c1nn(-c2ccccc2Cl)c(N)c1Cl. The number of hydrogen-bond donors (Lipinski definition) is 1. The van der Waals surface area contributed by atoms with Crippen molar-refractivity contribution in [3.05, 3.63) is 40.0 Å². The summed E-state index contributed by atoms with van der Waals surface area (Å²) in [5.41, 5.74) is 7.34. The first kappa shape index (κ1) is 13.2. The average molecular weight is 284 g/mol. The third kappa shape index (κ3) is 2.20. The molecular weight excluding hydrogens is 269 g/mol. The van der Waals surface area contributed by atoms with Gasteiger partial charge in [-0.15, -0.1) is 0 Å². The summed E-state index contributed by atoms with van der Waals surface area (Å²) in [6, 6.07) is 7.39. The van der Waals surface area contributed by atoms with Crippen LogP contribution >= 0.6 is 23.2 Å². The Hall–Kier alpha value is -1.19. The minimum atomic E-state index is -0.169. The van der Waals surface area contributed by atoms with E-state index < -0.39 is 0 Å². The summed E-state index contributed by atoms with van der Waals surface area (Å²) < 4.78 is 1.59. The molecule has 0 amide bonds. The van der Waals surface area contributed by atoms with Gasteiger partial charge in [0.1, 0.15) is 10.8 Å². The Morgan fingerprint density at radius 3 is 2.28 bits per heavy atom. The maximum Gasteiger partial charge on any atom is 0.146 e. The van der Waals surface area contributed by atoms with Gasteiger partial charge in [-0.25, -0.2) is 4.68 Å². The van der Waals surface area contributed by atoms with E-state index in [0.717, 1.165) is 11.4 Å². The van der Waals surface area contributed by atoms with Crippen molar-refractivity contribution in [2.24, 2.45) is 0 Å². The summed E-state index contributed by atoms with van der Waals surface area (Å²) in [4.78, 5) is 0. The van der Waals surface area contributed by atoms with E-state index in [-0.39, 0.29) is 5.41 Å². The molecule has 0 atom stereocenters. The van der Waals surface area contributed by atoms with Crippen molar-refractivity contribution in [3.63, 3.8) is 0 Å². The van der Waals surface area contributed by atoms with Gasteiger partial charge < -0.3 is 5.73 Å². The molecule has 2 aromatic rings. The summed E-state index contributed by atoms with van der Waals surface area (Å²) in [5, 5.41) is 5.56. The summed E-state index contributed by atoms with van der Waals surface area (Å²) in [5.74, 6) is 0.412. The van der Waals surface area contributed by atoms with E-state index in [1.165, 1.54) is 0 Å². The Balaban J connectivity index is 2.65. The van der Waals surface area contributed by atoms with Gasteiger partial charge in [0.15, 0.2) is 0 Å². The molecule has 3 nitrogen and oxygen atoms in total. The van der Waals surface area contributed by atoms with Crippen LogP contribution in [0.15, 0.2) is 24.3 Å². The molecule has 0 radical (unpaired) electrons. The fraction of sp³-hybridized carbons (Fsp3) is 0.308. The molecule has 0 spiro atoms. The Morgan fingerprint density at radius 2 is 1.78 bits per heavy atom. The van der Waals surface area contributed by atoms with Crippen molar-refractivity contribution in [3.8, 4) is 5.69 Å². The molecule has 5 heteroatoms. The van der Waals surface area contributed by atoms with Gasteiger partial charge in [0.05, 0.1) is 16.4 Å². The van der Waals surface area contributed by atoms with Crippen LogP contribution in [0.2, 0.25) is 10.0 Å². The van der Waals surface area contributed by atoms with Crippen molar-refractivity contribution in [1.29, 1.82) is 0 Å². The highest BCUT2D eigenvalue weighted by Gasteiger charge is 2.25. The van der Waals surface area contributed by atoms with Gasteiger partial charge in [0.2, 0.25) is 0 Å². The Morgan fingerprint density at radius 1 is 1.17 bits per heavy atom. The first-order valence-electron chi connectivity index (χ1n) is 5.61. The highest BCUT2D eigenvalue weighted by molar-refractivity contribution is 6.34. The molecule has 0 fully saturated rings. The van der Waals surface area contributed by atoms with Gasteiger partial charge >= 0.3 is 0 Å². The summed E-state index contributed by atoms with van der Waals surface area (Å²) in [6.45, 7) is 6.12. The number of anilines is 1. The lowest BCUT2D eigenvalue weighted by Gasteiger charge is -2.15. The van der Waals surface area contributed by atoms with Crippen molar-refractivity contribution >= 4 is 29.0 Å². The van der Waals surface area contributed by atoms with E-state index in [2.05, 4.69) is 5.10 Å². The number of nitrogen functional groups attached to an aromatic ring is 1. The zero-order valence-corrected chi connectivity index (χ0v) is 12.0. The molecule has 0 saturated heterocycles. The van der Waals surface area contributed by atoms with Crippen LogP contribution in [0.5, 0.6) is 0 Å². The van der Waals surface area contributed by atoms with Crippen LogP contribution in [0.3, 0.4) is 0 Å². The van der Waals surface area contributed by atoms with Gasteiger partial charge in [-0.2, -0.15) is 5.10 Å². The lowest BCUT2D eigenvalue weighted by Crippen LogP contribution is -2.13. The molecule has 0 bridgehead atoms. The zero-order valence-electron chi connectivity index (χ0n) is 10.5. The maximum atomic E-state index is 6.25. The molecule has 0 aliphatic carbocycles. The maximum absolute atomic E-state index is 6.25. The molecule has 0 aliphatic rings. The first-order valence-corrected chi connectivity index (χ1v) is 6.37. The number of para-hydroxylation sites is 1. The van der Waals surface area contributed by atoms with Crippen LogP contribution < -0.4 is 5.73 Å². The molecule has 1 aromatic heterocycles. The van der Waals surface area contributed by atoms with Crippen LogP contribution in [0.4, 0.5) is 5.82 Å². The first-order chi connectivity index (χ1) is 8.32. The van der Waals surface area contributed by atoms with Crippen LogP contribution in [0.1, 0.15) is 26.5 Å². The molecule has 0 aliphatic heterocycles. The van der Waals surface area contributed by atoms with Crippen molar-refractivity contribution in [1.82, 2.24) is 9.78 Å². The Bertz CT molecular complexity index is 582. The lowest BCUT2D eigenvalue weighted by atomic mass is 9.92. The molecule has 0 unspecified atom stereocenters. The second-order valence-electron chi connectivity index (χ2n) is 5.16. The number of nitrogens with zero attached hydrogens (tertiary/aromatic N) is 2. The molecule has 1 heterocycles. The second-order valence-corrected chi connectivity index (χ2v) is 5.95. The van der Waals surface area contributed by atoms with Crippen molar-refractivity contribution in [2.45, 2.75) is 26.2 Å². The minimum Gasteiger partial charge on any atom is -0.382 e. The quantitative estimate of drug-likeness (QED) is 0.858. The smallest absolute Gasteiger partial charge is 0.146 e. The normalized spacial score (nSPS) is 11.8. The van der Waals surface area contributed by atoms with E-state index in [0.29, 0.717) is 15.9 Å². The number of nitrogens with two attached hydrogens (primary N) is 1. The number of halogens is 2.